The van der Waals surface area contributed by atoms with Crippen LogP contribution in [0.3, 0.4) is 0 Å². The normalized spacial score (nSPS) is 13.6. The van der Waals surface area contributed by atoms with Crippen molar-refractivity contribution in [2.24, 2.45) is 0 Å². The summed E-state index contributed by atoms with van der Waals surface area (Å²) in [5, 5.41) is 0. The van der Waals surface area contributed by atoms with Gasteiger partial charge in [-0.15, -0.1) is 0 Å². The van der Waals surface area contributed by atoms with E-state index in [2.05, 4.69) is 4.98 Å². The number of imidazole rings is 1. The van der Waals surface area contributed by atoms with Crippen LogP contribution in [0.15, 0.2) is 48.8 Å². The van der Waals surface area contributed by atoms with Gasteiger partial charge in [-0.25, -0.2) is 4.98 Å². The van der Waals surface area contributed by atoms with E-state index in [0.29, 0.717) is 24.2 Å². The summed E-state index contributed by atoms with van der Waals surface area (Å²) in [6.45, 7) is 0.782. The number of carbonyl (C=O) groups excluding carboxylic acids is 2. The summed E-state index contributed by atoms with van der Waals surface area (Å²) < 4.78 is 7.16. The lowest BCUT2D eigenvalue weighted by Crippen LogP contribution is -2.32. The summed E-state index contributed by atoms with van der Waals surface area (Å²) in [5.74, 6) is 0.264. The van der Waals surface area contributed by atoms with Gasteiger partial charge in [0.15, 0.2) is 0 Å². The fraction of sp³-hybridized carbons (Fsp3) is 0.167. The zero-order chi connectivity index (χ0) is 16.7. The highest BCUT2D eigenvalue weighted by Crippen LogP contribution is 2.23. The Morgan fingerprint density at radius 2 is 1.71 bits per heavy atom. The first kappa shape index (κ1) is 14.4. The molecule has 0 saturated heterocycles. The predicted octanol–water partition coefficient (Wildman–Crippen LogP) is 2.34. The topological polar surface area (TPSA) is 64.4 Å². The van der Waals surface area contributed by atoms with Gasteiger partial charge in [-0.05, 0) is 24.3 Å². The van der Waals surface area contributed by atoms with Gasteiger partial charge in [0.25, 0.3) is 11.8 Å². The molecule has 6 nitrogen and oxygen atoms in total. The molecule has 2 heterocycles. The van der Waals surface area contributed by atoms with E-state index < -0.39 is 0 Å². The fourth-order valence-electron chi connectivity index (χ4n) is 2.99. The molecule has 0 atom stereocenters. The van der Waals surface area contributed by atoms with Gasteiger partial charge in [0.1, 0.15) is 5.75 Å². The fourth-order valence-corrected chi connectivity index (χ4v) is 2.99. The van der Waals surface area contributed by atoms with Gasteiger partial charge in [0.2, 0.25) is 0 Å². The summed E-state index contributed by atoms with van der Waals surface area (Å²) in [6, 6.07) is 12.5. The highest BCUT2D eigenvalue weighted by Gasteiger charge is 2.34. The molecule has 0 radical (unpaired) electrons. The van der Waals surface area contributed by atoms with Gasteiger partial charge in [-0.2, -0.15) is 0 Å². The lowest BCUT2D eigenvalue weighted by Gasteiger charge is -2.14. The zero-order valence-electron chi connectivity index (χ0n) is 13.1. The van der Waals surface area contributed by atoms with Crippen LogP contribution in [0, 0.1) is 0 Å². The minimum Gasteiger partial charge on any atom is -0.497 e. The van der Waals surface area contributed by atoms with Crippen LogP contribution in [0.5, 0.6) is 5.75 Å². The quantitative estimate of drug-likeness (QED) is 0.692. The van der Waals surface area contributed by atoms with Crippen molar-refractivity contribution in [1.82, 2.24) is 14.5 Å². The number of hydrogen-bond acceptors (Lipinski definition) is 4. The molecule has 1 aliphatic heterocycles. The smallest absolute Gasteiger partial charge is 0.261 e. The van der Waals surface area contributed by atoms with E-state index in [1.165, 1.54) is 4.90 Å². The van der Waals surface area contributed by atoms with E-state index in [9.17, 15) is 9.59 Å². The van der Waals surface area contributed by atoms with Crippen LogP contribution < -0.4 is 4.74 Å². The Morgan fingerprint density at radius 3 is 2.38 bits per heavy atom. The second-order valence-electron chi connectivity index (χ2n) is 5.60. The van der Waals surface area contributed by atoms with Crippen LogP contribution >= 0.6 is 0 Å². The standard InChI is InChI=1S/C18H15N3O3/c1-24-12-6-7-15-16(10-12)20(11-19-15)8-9-21-17(22)13-4-2-3-5-14(13)18(21)23/h2-7,10-11H,8-9H2,1H3. The van der Waals surface area contributed by atoms with Gasteiger partial charge >= 0.3 is 0 Å². The lowest BCUT2D eigenvalue weighted by molar-refractivity contribution is 0.0649. The number of carbonyl (C=O) groups is 2. The van der Waals surface area contributed by atoms with Crippen molar-refractivity contribution in [2.45, 2.75) is 6.54 Å². The average Bonchev–Trinajstić information content (AvgIpc) is 3.13. The summed E-state index contributed by atoms with van der Waals surface area (Å²) in [4.78, 5) is 30.4. The third-order valence-electron chi connectivity index (χ3n) is 4.27. The SMILES string of the molecule is COc1ccc2ncn(CCN3C(=O)c4ccccc4C3=O)c2c1. The van der Waals surface area contributed by atoms with Crippen molar-refractivity contribution < 1.29 is 14.3 Å². The lowest BCUT2D eigenvalue weighted by atomic mass is 10.1. The third kappa shape index (κ3) is 2.15. The maximum atomic E-state index is 12.4. The number of amides is 2. The zero-order valence-corrected chi connectivity index (χ0v) is 13.1. The molecule has 0 spiro atoms. The number of methoxy groups -OCH3 is 1. The van der Waals surface area contributed by atoms with Crippen molar-refractivity contribution in [2.75, 3.05) is 13.7 Å². The van der Waals surface area contributed by atoms with Crippen LogP contribution in [0.1, 0.15) is 20.7 Å². The summed E-state index contributed by atoms with van der Waals surface area (Å²) in [7, 11) is 1.61. The molecule has 2 aromatic carbocycles. The first-order chi connectivity index (χ1) is 11.7. The van der Waals surface area contributed by atoms with Gasteiger partial charge < -0.3 is 9.30 Å². The molecule has 0 N–H and O–H groups in total. The summed E-state index contributed by atoms with van der Waals surface area (Å²) >= 11 is 0. The number of ether oxygens (including phenoxy) is 1. The molecule has 4 rings (SSSR count). The highest BCUT2D eigenvalue weighted by molar-refractivity contribution is 6.21. The van der Waals surface area contributed by atoms with E-state index in [4.69, 9.17) is 4.74 Å². The van der Waals surface area contributed by atoms with Gasteiger partial charge in [-0.3, -0.25) is 14.5 Å². The molecule has 0 unspecified atom stereocenters. The van der Waals surface area contributed by atoms with E-state index >= 15 is 0 Å². The molecule has 6 heteroatoms. The van der Waals surface area contributed by atoms with Gasteiger partial charge in [0, 0.05) is 19.2 Å². The molecule has 120 valence electrons. The van der Waals surface area contributed by atoms with Crippen LogP contribution in [0.25, 0.3) is 11.0 Å². The summed E-state index contributed by atoms with van der Waals surface area (Å²) in [6.07, 6.45) is 1.71. The highest BCUT2D eigenvalue weighted by atomic mass is 16.5. The molecule has 3 aromatic rings. The number of nitrogens with zero attached hydrogens (tertiary/aromatic N) is 3. The Labute approximate surface area is 138 Å². The molecule has 0 fully saturated rings. The van der Waals surface area contributed by atoms with Crippen molar-refractivity contribution in [3.8, 4) is 5.75 Å². The largest absolute Gasteiger partial charge is 0.497 e. The Kier molecular flexibility index (Phi) is 3.30. The minimum atomic E-state index is -0.238. The van der Waals surface area contributed by atoms with Gasteiger partial charge in [0.05, 0.1) is 35.6 Å². The molecule has 0 aliphatic carbocycles. The van der Waals surface area contributed by atoms with Crippen LogP contribution in [0.4, 0.5) is 0 Å². The Balaban J connectivity index is 1.58. The molecule has 0 saturated carbocycles. The van der Waals surface area contributed by atoms with Crippen LogP contribution in [-0.2, 0) is 6.54 Å². The maximum absolute atomic E-state index is 12.4. The number of imide groups is 1. The Hall–Kier alpha value is -3.15. The Bertz CT molecular complexity index is 926. The second kappa shape index (κ2) is 5.49. The maximum Gasteiger partial charge on any atom is 0.261 e. The van der Waals surface area contributed by atoms with E-state index in [0.717, 1.165) is 16.8 Å². The van der Waals surface area contributed by atoms with E-state index in [1.54, 1.807) is 37.7 Å². The van der Waals surface area contributed by atoms with Crippen molar-refractivity contribution in [3.63, 3.8) is 0 Å². The van der Waals surface area contributed by atoms with Crippen molar-refractivity contribution >= 4 is 22.8 Å². The number of rotatable bonds is 4. The van der Waals surface area contributed by atoms with Crippen molar-refractivity contribution in [3.05, 3.63) is 59.9 Å². The molecule has 2 amide bonds. The van der Waals surface area contributed by atoms with E-state index in [1.807, 2.05) is 22.8 Å². The molecular weight excluding hydrogens is 306 g/mol. The predicted molar refractivity (Wildman–Crippen MR) is 88.1 cm³/mol. The molecule has 24 heavy (non-hydrogen) atoms. The number of hydrogen-bond donors (Lipinski definition) is 0. The number of aromatic nitrogens is 2. The number of benzene rings is 2. The van der Waals surface area contributed by atoms with Gasteiger partial charge in [-0.1, -0.05) is 12.1 Å². The first-order valence-electron chi connectivity index (χ1n) is 7.63. The minimum absolute atomic E-state index is 0.238. The molecule has 1 aromatic heterocycles. The molecular formula is C18H15N3O3. The Morgan fingerprint density at radius 1 is 1.00 bits per heavy atom. The third-order valence-corrected chi connectivity index (χ3v) is 4.27. The van der Waals surface area contributed by atoms with Crippen LogP contribution in [0.2, 0.25) is 0 Å². The monoisotopic (exact) mass is 321 g/mol. The first-order valence-corrected chi connectivity index (χ1v) is 7.63. The molecule has 0 bridgehead atoms. The van der Waals surface area contributed by atoms with Crippen molar-refractivity contribution in [1.29, 1.82) is 0 Å². The number of fused-ring (bicyclic) bond motifs is 2. The average molecular weight is 321 g/mol. The summed E-state index contributed by atoms with van der Waals surface area (Å²) in [5.41, 5.74) is 2.70. The second-order valence-corrected chi connectivity index (χ2v) is 5.60. The van der Waals surface area contributed by atoms with Crippen LogP contribution in [-0.4, -0.2) is 39.9 Å². The van der Waals surface area contributed by atoms with E-state index in [-0.39, 0.29) is 11.8 Å². The molecule has 1 aliphatic rings.